The van der Waals surface area contributed by atoms with Crippen LogP contribution in [0.25, 0.3) is 0 Å². The highest BCUT2D eigenvalue weighted by Gasteiger charge is 2.16. The Bertz CT molecular complexity index is 205. The molecule has 0 heterocycles. The molecule has 0 fully saturated rings. The molecular weight excluding hydrogens is 191 g/mol. The first kappa shape index (κ1) is 11.2. The molecule has 0 radical (unpaired) electrons. The summed E-state index contributed by atoms with van der Waals surface area (Å²) in [6.07, 6.45) is 0.494. The van der Waals surface area contributed by atoms with Gasteiger partial charge in [-0.15, -0.1) is 0 Å². The normalized spacial score (nSPS) is 13.5. The SMILES string of the molecule is CC(C)(F)CCCS(=O)(=O)Cl. The van der Waals surface area contributed by atoms with E-state index in [1.54, 1.807) is 0 Å². The lowest BCUT2D eigenvalue weighted by Gasteiger charge is -2.11. The number of hydrogen-bond acceptors (Lipinski definition) is 2. The van der Waals surface area contributed by atoms with Gasteiger partial charge in [0.25, 0.3) is 0 Å². The van der Waals surface area contributed by atoms with Gasteiger partial charge in [0.2, 0.25) is 9.05 Å². The molecule has 2 nitrogen and oxygen atoms in total. The second-order valence-electron chi connectivity index (χ2n) is 3.07. The second-order valence-corrected chi connectivity index (χ2v) is 5.96. The molecule has 0 spiro atoms. The van der Waals surface area contributed by atoms with Crippen LogP contribution < -0.4 is 0 Å². The maximum absolute atomic E-state index is 12.7. The summed E-state index contributed by atoms with van der Waals surface area (Å²) < 4.78 is 33.4. The molecule has 0 aliphatic carbocycles. The van der Waals surface area contributed by atoms with E-state index in [1.807, 2.05) is 0 Å². The van der Waals surface area contributed by atoms with Crippen molar-refractivity contribution in [3.63, 3.8) is 0 Å². The van der Waals surface area contributed by atoms with Crippen LogP contribution in [0.2, 0.25) is 0 Å². The third-order valence-electron chi connectivity index (χ3n) is 1.16. The van der Waals surface area contributed by atoms with Gasteiger partial charge >= 0.3 is 0 Å². The van der Waals surface area contributed by atoms with Gasteiger partial charge in [-0.25, -0.2) is 12.8 Å². The molecule has 0 N–H and O–H groups in total. The van der Waals surface area contributed by atoms with Gasteiger partial charge in [0, 0.05) is 10.7 Å². The third kappa shape index (κ3) is 10.2. The predicted molar refractivity (Wildman–Crippen MR) is 44.1 cm³/mol. The number of alkyl halides is 1. The van der Waals surface area contributed by atoms with Crippen molar-refractivity contribution in [2.45, 2.75) is 32.4 Å². The Hall–Kier alpha value is 0.170. The zero-order valence-corrected chi connectivity index (χ0v) is 8.17. The molecule has 0 aromatic rings. The van der Waals surface area contributed by atoms with Crippen molar-refractivity contribution in [2.75, 3.05) is 5.75 Å². The number of rotatable bonds is 4. The van der Waals surface area contributed by atoms with Crippen LogP contribution in [0.15, 0.2) is 0 Å². The molecule has 0 aliphatic rings. The molecule has 0 atom stereocenters. The van der Waals surface area contributed by atoms with Gasteiger partial charge in [-0.2, -0.15) is 0 Å². The zero-order chi connectivity index (χ0) is 9.12. The minimum atomic E-state index is -3.44. The average Bonchev–Trinajstić information content (AvgIpc) is 1.55. The van der Waals surface area contributed by atoms with Crippen LogP contribution in [-0.2, 0) is 9.05 Å². The summed E-state index contributed by atoms with van der Waals surface area (Å²) >= 11 is 0. The van der Waals surface area contributed by atoms with E-state index in [-0.39, 0.29) is 18.6 Å². The Morgan fingerprint density at radius 3 is 2.18 bits per heavy atom. The lowest BCUT2D eigenvalue weighted by atomic mass is 10.1. The van der Waals surface area contributed by atoms with E-state index >= 15 is 0 Å². The van der Waals surface area contributed by atoms with Crippen molar-refractivity contribution >= 4 is 19.7 Å². The van der Waals surface area contributed by atoms with E-state index in [0.29, 0.717) is 0 Å². The monoisotopic (exact) mass is 202 g/mol. The van der Waals surface area contributed by atoms with Gasteiger partial charge < -0.3 is 0 Å². The minimum Gasteiger partial charge on any atom is -0.245 e. The molecule has 0 unspecified atom stereocenters. The summed E-state index contributed by atoms with van der Waals surface area (Å²) in [5.74, 6) is -0.151. The highest BCUT2D eigenvalue weighted by atomic mass is 35.7. The minimum absolute atomic E-state index is 0.151. The molecule has 0 aromatic carbocycles. The highest BCUT2D eigenvalue weighted by Crippen LogP contribution is 2.16. The number of halogens is 2. The van der Waals surface area contributed by atoms with Crippen LogP contribution in [0.1, 0.15) is 26.7 Å². The fourth-order valence-electron chi connectivity index (χ4n) is 0.665. The molecule has 0 saturated heterocycles. The topological polar surface area (TPSA) is 34.1 Å². The maximum atomic E-state index is 12.7. The first-order valence-electron chi connectivity index (χ1n) is 3.32. The Morgan fingerprint density at radius 1 is 1.45 bits per heavy atom. The van der Waals surface area contributed by atoms with E-state index in [2.05, 4.69) is 0 Å². The van der Waals surface area contributed by atoms with Gasteiger partial charge in [-0.1, -0.05) is 0 Å². The van der Waals surface area contributed by atoms with Crippen LogP contribution in [0.4, 0.5) is 4.39 Å². The fourth-order valence-corrected chi connectivity index (χ4v) is 1.48. The van der Waals surface area contributed by atoms with Gasteiger partial charge in [0.1, 0.15) is 5.67 Å². The molecule has 0 rings (SSSR count). The molecular formula is C6H12ClFO2S. The van der Waals surface area contributed by atoms with Crippen molar-refractivity contribution in [3.8, 4) is 0 Å². The molecule has 0 amide bonds. The summed E-state index contributed by atoms with van der Waals surface area (Å²) in [6.45, 7) is 2.82. The van der Waals surface area contributed by atoms with Gasteiger partial charge in [0.05, 0.1) is 5.75 Å². The molecule has 11 heavy (non-hydrogen) atoms. The van der Waals surface area contributed by atoms with Crippen molar-refractivity contribution in [1.29, 1.82) is 0 Å². The Kier molecular flexibility index (Phi) is 3.77. The quantitative estimate of drug-likeness (QED) is 0.655. The van der Waals surface area contributed by atoms with Crippen molar-refractivity contribution in [1.82, 2.24) is 0 Å². The largest absolute Gasteiger partial charge is 0.245 e. The lowest BCUT2D eigenvalue weighted by Crippen LogP contribution is -2.13. The van der Waals surface area contributed by atoms with Crippen LogP contribution in [-0.4, -0.2) is 19.8 Å². The van der Waals surface area contributed by atoms with Crippen molar-refractivity contribution < 1.29 is 12.8 Å². The summed E-state index contributed by atoms with van der Waals surface area (Å²) in [7, 11) is 1.47. The van der Waals surface area contributed by atoms with Crippen molar-refractivity contribution in [2.24, 2.45) is 0 Å². The maximum Gasteiger partial charge on any atom is 0.232 e. The summed E-state index contributed by atoms with van der Waals surface area (Å²) in [4.78, 5) is 0. The van der Waals surface area contributed by atoms with Crippen LogP contribution in [0, 0.1) is 0 Å². The molecule has 5 heteroatoms. The van der Waals surface area contributed by atoms with E-state index in [1.165, 1.54) is 13.8 Å². The Morgan fingerprint density at radius 2 is 1.91 bits per heavy atom. The third-order valence-corrected chi connectivity index (χ3v) is 2.40. The summed E-state index contributed by atoms with van der Waals surface area (Å²) in [6, 6.07) is 0. The van der Waals surface area contributed by atoms with E-state index < -0.39 is 14.7 Å². The van der Waals surface area contributed by atoms with Crippen molar-refractivity contribution in [3.05, 3.63) is 0 Å². The smallest absolute Gasteiger partial charge is 0.232 e. The lowest BCUT2D eigenvalue weighted by molar-refractivity contribution is 0.200. The zero-order valence-electron chi connectivity index (χ0n) is 6.60. The molecule has 0 bridgehead atoms. The van der Waals surface area contributed by atoms with Crippen LogP contribution in [0.3, 0.4) is 0 Å². The van der Waals surface area contributed by atoms with Crippen LogP contribution in [0.5, 0.6) is 0 Å². The van der Waals surface area contributed by atoms with E-state index in [0.717, 1.165) is 0 Å². The number of hydrogen-bond donors (Lipinski definition) is 0. The molecule has 0 aliphatic heterocycles. The Labute approximate surface area is 71.2 Å². The fraction of sp³-hybridized carbons (Fsp3) is 1.00. The van der Waals surface area contributed by atoms with Gasteiger partial charge in [-0.05, 0) is 26.7 Å². The summed E-state index contributed by atoms with van der Waals surface area (Å²) in [5, 5.41) is 0. The average molecular weight is 203 g/mol. The standard InChI is InChI=1S/C6H12ClFO2S/c1-6(2,8)4-3-5-11(7,9)10/h3-5H2,1-2H3. The molecule has 68 valence electrons. The van der Waals surface area contributed by atoms with E-state index in [4.69, 9.17) is 10.7 Å². The van der Waals surface area contributed by atoms with Crippen LogP contribution >= 0.6 is 10.7 Å². The van der Waals surface area contributed by atoms with Gasteiger partial charge in [-0.3, -0.25) is 0 Å². The first-order chi connectivity index (χ1) is 4.71. The summed E-state index contributed by atoms with van der Waals surface area (Å²) in [5.41, 5.74) is -1.30. The first-order valence-corrected chi connectivity index (χ1v) is 5.80. The van der Waals surface area contributed by atoms with Gasteiger partial charge in [0.15, 0.2) is 0 Å². The Balaban J connectivity index is 3.61. The predicted octanol–water partition coefficient (Wildman–Crippen LogP) is 2.08. The molecule has 0 aromatic heterocycles. The highest BCUT2D eigenvalue weighted by molar-refractivity contribution is 8.13. The molecule has 0 saturated carbocycles. The van der Waals surface area contributed by atoms with E-state index in [9.17, 15) is 12.8 Å². The second kappa shape index (κ2) is 3.72.